The number of halogens is 3. The van der Waals surface area contributed by atoms with Crippen molar-refractivity contribution in [1.82, 2.24) is 4.98 Å². The van der Waals surface area contributed by atoms with Crippen LogP contribution in [-0.4, -0.2) is 24.2 Å². The number of aryl methyl sites for hydroxylation is 2. The zero-order valence-electron chi connectivity index (χ0n) is 11.5. The van der Waals surface area contributed by atoms with Gasteiger partial charge in [-0.05, 0) is 38.3 Å². The lowest BCUT2D eigenvalue weighted by molar-refractivity contribution is -0.176. The molecular weight excluding hydrogens is 267 g/mol. The third kappa shape index (κ3) is 2.87. The minimum absolute atomic E-state index is 0.117. The lowest BCUT2D eigenvalue weighted by Gasteiger charge is -2.35. The van der Waals surface area contributed by atoms with Crippen LogP contribution in [0.5, 0.6) is 0 Å². The van der Waals surface area contributed by atoms with Gasteiger partial charge in [-0.1, -0.05) is 0 Å². The number of anilines is 1. The summed E-state index contributed by atoms with van der Waals surface area (Å²) < 4.78 is 38.6. The molecule has 2 rings (SSSR count). The van der Waals surface area contributed by atoms with Gasteiger partial charge < -0.3 is 4.90 Å². The van der Waals surface area contributed by atoms with Crippen molar-refractivity contribution in [3.05, 3.63) is 22.9 Å². The summed E-state index contributed by atoms with van der Waals surface area (Å²) in [5.41, 5.74) is 1.84. The van der Waals surface area contributed by atoms with Crippen LogP contribution in [0, 0.1) is 31.1 Å². The fourth-order valence-electron chi connectivity index (χ4n) is 2.62. The Kier molecular flexibility index (Phi) is 3.89. The summed E-state index contributed by atoms with van der Waals surface area (Å²) in [6.45, 7) is 3.95. The van der Waals surface area contributed by atoms with Crippen LogP contribution in [0.2, 0.25) is 0 Å². The number of alkyl halides is 3. The molecule has 0 aliphatic carbocycles. The van der Waals surface area contributed by atoms with E-state index in [0.29, 0.717) is 30.0 Å². The molecule has 1 aromatic rings. The first kappa shape index (κ1) is 14.6. The monoisotopic (exact) mass is 283 g/mol. The SMILES string of the molecule is Cc1cc(C)c(C#N)c(N2CCCC(C(F)(F)F)C2)n1. The summed E-state index contributed by atoms with van der Waals surface area (Å²) in [5.74, 6) is -0.954. The maximum atomic E-state index is 12.9. The van der Waals surface area contributed by atoms with Crippen molar-refractivity contribution in [2.24, 2.45) is 5.92 Å². The van der Waals surface area contributed by atoms with Gasteiger partial charge in [0.25, 0.3) is 0 Å². The Labute approximate surface area is 116 Å². The van der Waals surface area contributed by atoms with E-state index in [1.165, 1.54) is 0 Å². The maximum absolute atomic E-state index is 12.9. The number of nitriles is 1. The summed E-state index contributed by atoms with van der Waals surface area (Å²) in [4.78, 5) is 5.88. The molecule has 1 aromatic heterocycles. The van der Waals surface area contributed by atoms with Gasteiger partial charge in [0.05, 0.1) is 11.5 Å². The van der Waals surface area contributed by atoms with Gasteiger partial charge in [0.1, 0.15) is 11.9 Å². The van der Waals surface area contributed by atoms with Crippen LogP contribution in [-0.2, 0) is 0 Å². The van der Waals surface area contributed by atoms with E-state index in [-0.39, 0.29) is 13.0 Å². The highest BCUT2D eigenvalue weighted by Crippen LogP contribution is 2.35. The molecule has 20 heavy (non-hydrogen) atoms. The summed E-state index contributed by atoms with van der Waals surface area (Å²) in [7, 11) is 0. The van der Waals surface area contributed by atoms with E-state index in [1.54, 1.807) is 24.8 Å². The maximum Gasteiger partial charge on any atom is 0.393 e. The van der Waals surface area contributed by atoms with Crippen molar-refractivity contribution in [2.75, 3.05) is 18.0 Å². The summed E-state index contributed by atoms with van der Waals surface area (Å²) in [5, 5.41) is 9.21. The fraction of sp³-hybridized carbons (Fsp3) is 0.571. The standard InChI is InChI=1S/C14H16F3N3/c1-9-6-10(2)19-13(12(9)7-18)20-5-3-4-11(8-20)14(15,16)17/h6,11H,3-5,8H2,1-2H3. The van der Waals surface area contributed by atoms with E-state index in [4.69, 9.17) is 0 Å². The number of nitrogens with zero attached hydrogens (tertiary/aromatic N) is 3. The average molecular weight is 283 g/mol. The second kappa shape index (κ2) is 5.31. The van der Waals surface area contributed by atoms with Gasteiger partial charge in [-0.3, -0.25) is 0 Å². The first-order chi connectivity index (χ1) is 9.32. The summed E-state index contributed by atoms with van der Waals surface area (Å²) in [6, 6.07) is 3.83. The van der Waals surface area contributed by atoms with E-state index in [9.17, 15) is 18.4 Å². The minimum Gasteiger partial charge on any atom is -0.355 e. The molecule has 0 radical (unpaired) electrons. The molecule has 1 fully saturated rings. The molecule has 2 heterocycles. The Morgan fingerprint density at radius 1 is 1.40 bits per heavy atom. The van der Waals surface area contributed by atoms with Crippen LogP contribution in [0.3, 0.4) is 0 Å². The molecule has 0 N–H and O–H groups in total. The van der Waals surface area contributed by atoms with Gasteiger partial charge in [0.2, 0.25) is 0 Å². The van der Waals surface area contributed by atoms with E-state index >= 15 is 0 Å². The molecule has 0 amide bonds. The number of piperidine rings is 1. The molecule has 0 spiro atoms. The Morgan fingerprint density at radius 2 is 2.10 bits per heavy atom. The molecule has 1 atom stereocenters. The number of pyridine rings is 1. The van der Waals surface area contributed by atoms with Crippen molar-refractivity contribution in [3.8, 4) is 6.07 Å². The molecule has 1 saturated heterocycles. The summed E-state index contributed by atoms with van der Waals surface area (Å²) >= 11 is 0. The van der Waals surface area contributed by atoms with E-state index in [2.05, 4.69) is 11.1 Å². The normalized spacial score (nSPS) is 19.8. The quantitative estimate of drug-likeness (QED) is 0.793. The van der Waals surface area contributed by atoms with Crippen LogP contribution in [0.25, 0.3) is 0 Å². The Balaban J connectivity index is 2.35. The second-order valence-corrected chi connectivity index (χ2v) is 5.22. The minimum atomic E-state index is -4.19. The average Bonchev–Trinajstić information content (AvgIpc) is 2.37. The molecule has 6 heteroatoms. The Morgan fingerprint density at radius 3 is 2.70 bits per heavy atom. The molecule has 108 valence electrons. The van der Waals surface area contributed by atoms with Gasteiger partial charge in [-0.15, -0.1) is 0 Å². The van der Waals surface area contributed by atoms with Gasteiger partial charge in [0, 0.05) is 18.8 Å². The van der Waals surface area contributed by atoms with Crippen molar-refractivity contribution in [1.29, 1.82) is 5.26 Å². The zero-order valence-corrected chi connectivity index (χ0v) is 11.5. The van der Waals surface area contributed by atoms with Crippen molar-refractivity contribution < 1.29 is 13.2 Å². The highest BCUT2D eigenvalue weighted by Gasteiger charge is 2.42. The molecular formula is C14H16F3N3. The van der Waals surface area contributed by atoms with Gasteiger partial charge >= 0.3 is 6.18 Å². The molecule has 1 unspecified atom stereocenters. The molecule has 3 nitrogen and oxygen atoms in total. The second-order valence-electron chi connectivity index (χ2n) is 5.22. The van der Waals surface area contributed by atoms with Crippen LogP contribution in [0.15, 0.2) is 6.07 Å². The van der Waals surface area contributed by atoms with E-state index in [1.807, 2.05) is 0 Å². The van der Waals surface area contributed by atoms with Crippen molar-refractivity contribution in [3.63, 3.8) is 0 Å². The molecule has 1 aliphatic heterocycles. The highest BCUT2D eigenvalue weighted by molar-refractivity contribution is 5.58. The predicted molar refractivity (Wildman–Crippen MR) is 69.4 cm³/mol. The molecule has 0 bridgehead atoms. The van der Waals surface area contributed by atoms with Gasteiger partial charge in [0.15, 0.2) is 0 Å². The number of hydrogen-bond acceptors (Lipinski definition) is 3. The Bertz CT molecular complexity index is 546. The third-order valence-electron chi connectivity index (χ3n) is 3.62. The highest BCUT2D eigenvalue weighted by atomic mass is 19.4. The van der Waals surface area contributed by atoms with Gasteiger partial charge in [-0.2, -0.15) is 18.4 Å². The first-order valence-electron chi connectivity index (χ1n) is 6.53. The predicted octanol–water partition coefficient (Wildman–Crippen LogP) is 3.35. The molecule has 0 aromatic carbocycles. The third-order valence-corrected chi connectivity index (χ3v) is 3.62. The van der Waals surface area contributed by atoms with Crippen molar-refractivity contribution >= 4 is 5.82 Å². The zero-order chi connectivity index (χ0) is 14.9. The topological polar surface area (TPSA) is 39.9 Å². The smallest absolute Gasteiger partial charge is 0.355 e. The van der Waals surface area contributed by atoms with Crippen LogP contribution in [0.1, 0.15) is 29.7 Å². The number of rotatable bonds is 1. The lowest BCUT2D eigenvalue weighted by atomic mass is 9.97. The number of aromatic nitrogens is 1. The number of hydrogen-bond donors (Lipinski definition) is 0. The van der Waals surface area contributed by atoms with Crippen molar-refractivity contribution in [2.45, 2.75) is 32.9 Å². The largest absolute Gasteiger partial charge is 0.393 e. The Hall–Kier alpha value is -1.77. The molecule has 0 saturated carbocycles. The van der Waals surface area contributed by atoms with Crippen LogP contribution in [0.4, 0.5) is 19.0 Å². The van der Waals surface area contributed by atoms with Crippen LogP contribution < -0.4 is 4.90 Å². The van der Waals surface area contributed by atoms with Gasteiger partial charge in [-0.25, -0.2) is 4.98 Å². The first-order valence-corrected chi connectivity index (χ1v) is 6.53. The van der Waals surface area contributed by atoms with Crippen LogP contribution >= 0.6 is 0 Å². The summed E-state index contributed by atoms with van der Waals surface area (Å²) in [6.07, 6.45) is -3.58. The van der Waals surface area contributed by atoms with E-state index in [0.717, 1.165) is 5.56 Å². The molecule has 1 aliphatic rings. The fourth-order valence-corrected chi connectivity index (χ4v) is 2.62. The van der Waals surface area contributed by atoms with E-state index < -0.39 is 12.1 Å². The lowest BCUT2D eigenvalue weighted by Crippen LogP contribution is -2.42.